The Morgan fingerprint density at radius 1 is 1.05 bits per heavy atom. The molecule has 0 unspecified atom stereocenters. The van der Waals surface area contributed by atoms with Gasteiger partial charge in [0.25, 0.3) is 0 Å². The van der Waals surface area contributed by atoms with Gasteiger partial charge in [0, 0.05) is 0 Å². The van der Waals surface area contributed by atoms with Crippen LogP contribution in [0.1, 0.15) is 15.9 Å². The summed E-state index contributed by atoms with van der Waals surface area (Å²) < 4.78 is 14.8. The lowest BCUT2D eigenvalue weighted by atomic mass is 10.1. The van der Waals surface area contributed by atoms with Crippen LogP contribution in [0.5, 0.6) is 0 Å². The summed E-state index contributed by atoms with van der Waals surface area (Å²) in [5.74, 6) is -0.867. The predicted molar refractivity (Wildman–Crippen MR) is 74.6 cm³/mol. The Balaban J connectivity index is 2.49. The molecule has 6 heteroatoms. The number of hydrogen-bond donors (Lipinski definition) is 0. The average Bonchev–Trinajstić information content (AvgIpc) is 2.45. The summed E-state index contributed by atoms with van der Waals surface area (Å²) in [6.45, 7) is 1.85. The zero-order valence-corrected chi connectivity index (χ0v) is 11.3. The largest absolute Gasteiger partial charge is 0.465 e. The van der Waals surface area contributed by atoms with Gasteiger partial charge in [-0.1, -0.05) is 6.07 Å². The number of fused-ring (bicyclic) bond motifs is 3. The minimum atomic E-state index is -0.867. The Labute approximate surface area is 117 Å². The monoisotopic (exact) mass is 286 g/mol. The van der Waals surface area contributed by atoms with Gasteiger partial charge in [-0.15, -0.1) is 0 Å². The van der Waals surface area contributed by atoms with Gasteiger partial charge in [0.15, 0.2) is 5.58 Å². The van der Waals surface area contributed by atoms with Crippen LogP contribution in [0.15, 0.2) is 42.7 Å². The van der Waals surface area contributed by atoms with E-state index >= 15 is 0 Å². The Kier molecular flexibility index (Phi) is 2.86. The van der Waals surface area contributed by atoms with Crippen LogP contribution in [-0.2, 0) is 4.74 Å². The quantitative estimate of drug-likeness (QED) is 0.386. The maximum absolute atomic E-state index is 12.0. The first kappa shape index (κ1) is 13.1. The van der Waals surface area contributed by atoms with Crippen LogP contribution in [0.2, 0.25) is 0 Å². The van der Waals surface area contributed by atoms with E-state index in [0.717, 1.165) is 18.7 Å². The normalized spacial score (nSPS) is 11.0. The molecule has 0 N–H and O–H groups in total. The average molecular weight is 286 g/mol. The number of methoxy groups -OCH3 is 1. The van der Waals surface area contributed by atoms with Crippen molar-refractivity contribution in [3.8, 4) is 0 Å². The third-order valence-corrected chi connectivity index (χ3v) is 3.16. The Morgan fingerprint density at radius 3 is 2.52 bits per heavy atom. The molecule has 3 aromatic rings. The fourth-order valence-electron chi connectivity index (χ4n) is 2.13. The second kappa shape index (κ2) is 4.59. The molecule has 2 aromatic heterocycles. The molecule has 0 spiro atoms. The van der Waals surface area contributed by atoms with E-state index in [9.17, 15) is 14.4 Å². The molecule has 0 aliphatic rings. The molecule has 0 aliphatic heterocycles. The Bertz CT molecular complexity index is 993. The minimum Gasteiger partial charge on any atom is -0.465 e. The summed E-state index contributed by atoms with van der Waals surface area (Å²) in [4.78, 5) is 35.3. The number of benzene rings is 1. The van der Waals surface area contributed by atoms with Crippen molar-refractivity contribution in [1.29, 1.82) is 0 Å². The fourth-order valence-corrected chi connectivity index (χ4v) is 2.13. The molecule has 0 saturated carbocycles. The highest BCUT2D eigenvalue weighted by Crippen LogP contribution is 2.23. The summed E-state index contributed by atoms with van der Waals surface area (Å²) in [5.41, 5.74) is -0.568. The summed E-state index contributed by atoms with van der Waals surface area (Å²) in [6.07, 6.45) is 0. The first-order valence-corrected chi connectivity index (χ1v) is 6.11. The molecule has 0 bridgehead atoms. The second-order valence-corrected chi connectivity index (χ2v) is 4.57. The third-order valence-electron chi connectivity index (χ3n) is 3.16. The number of carbonyl (C=O) groups is 1. The van der Waals surface area contributed by atoms with Crippen molar-refractivity contribution in [3.63, 3.8) is 0 Å². The topological polar surface area (TPSA) is 86.7 Å². The van der Waals surface area contributed by atoms with E-state index < -0.39 is 17.2 Å². The molecule has 0 radical (unpaired) electrons. The van der Waals surface area contributed by atoms with E-state index in [1.807, 2.05) is 6.92 Å². The first-order valence-electron chi connectivity index (χ1n) is 6.11. The van der Waals surface area contributed by atoms with E-state index in [1.54, 1.807) is 18.2 Å². The molecule has 0 amide bonds. The maximum Gasteiger partial charge on any atom is 0.351 e. The van der Waals surface area contributed by atoms with Crippen LogP contribution < -0.4 is 11.3 Å². The van der Waals surface area contributed by atoms with Crippen LogP contribution in [-0.4, -0.2) is 13.1 Å². The molecule has 6 nitrogen and oxygen atoms in total. The van der Waals surface area contributed by atoms with E-state index in [2.05, 4.69) is 4.74 Å². The van der Waals surface area contributed by atoms with Crippen molar-refractivity contribution in [2.24, 2.45) is 0 Å². The predicted octanol–water partition coefficient (Wildman–Crippen LogP) is 1.99. The molecule has 106 valence electrons. The molecule has 21 heavy (non-hydrogen) atoms. The molecule has 0 atom stereocenters. The van der Waals surface area contributed by atoms with E-state index in [4.69, 9.17) is 8.83 Å². The Morgan fingerprint density at radius 2 is 1.81 bits per heavy atom. The smallest absolute Gasteiger partial charge is 0.351 e. The zero-order chi connectivity index (χ0) is 15.1. The molecule has 3 rings (SSSR count). The van der Waals surface area contributed by atoms with Crippen molar-refractivity contribution in [3.05, 3.63) is 56.2 Å². The Hall–Kier alpha value is -2.89. The van der Waals surface area contributed by atoms with Gasteiger partial charge in [-0.2, -0.15) is 0 Å². The summed E-state index contributed by atoms with van der Waals surface area (Å²) in [6, 6.07) is 6.30. The van der Waals surface area contributed by atoms with Gasteiger partial charge >= 0.3 is 17.2 Å². The van der Waals surface area contributed by atoms with Crippen LogP contribution in [0.25, 0.3) is 21.9 Å². The molecule has 1 aromatic carbocycles. The lowest BCUT2D eigenvalue weighted by Crippen LogP contribution is -2.16. The summed E-state index contributed by atoms with van der Waals surface area (Å²) >= 11 is 0. The highest BCUT2D eigenvalue weighted by Gasteiger charge is 2.18. The fraction of sp³-hybridized carbons (Fsp3) is 0.133. The van der Waals surface area contributed by atoms with Gasteiger partial charge in [0.2, 0.25) is 0 Å². The van der Waals surface area contributed by atoms with E-state index in [0.29, 0.717) is 11.0 Å². The van der Waals surface area contributed by atoms with E-state index in [1.165, 1.54) is 0 Å². The second-order valence-electron chi connectivity index (χ2n) is 4.57. The number of hydrogen-bond acceptors (Lipinski definition) is 6. The van der Waals surface area contributed by atoms with Crippen molar-refractivity contribution in [1.82, 2.24) is 0 Å². The third kappa shape index (κ3) is 2.01. The van der Waals surface area contributed by atoms with Crippen LogP contribution >= 0.6 is 0 Å². The van der Waals surface area contributed by atoms with Crippen molar-refractivity contribution >= 4 is 27.9 Å². The van der Waals surface area contributed by atoms with Crippen molar-refractivity contribution in [2.75, 3.05) is 7.11 Å². The lowest BCUT2D eigenvalue weighted by molar-refractivity contribution is 0.0596. The standard InChI is InChI=1S/C15H10O6/c1-7-3-4-8-11(5-7)20-14(17)9-6-10(13(16)19-2)15(18)21-12(8)9/h3-6H,1-2H3. The van der Waals surface area contributed by atoms with Gasteiger partial charge in [-0.05, 0) is 30.7 Å². The zero-order valence-electron chi connectivity index (χ0n) is 11.3. The molecule has 0 fully saturated rings. The number of rotatable bonds is 1. The van der Waals surface area contributed by atoms with Crippen LogP contribution in [0, 0.1) is 6.92 Å². The van der Waals surface area contributed by atoms with Crippen molar-refractivity contribution < 1.29 is 18.4 Å². The molecule has 2 heterocycles. The maximum atomic E-state index is 12.0. The number of carbonyl (C=O) groups excluding carboxylic acids is 1. The highest BCUT2D eigenvalue weighted by molar-refractivity contribution is 6.02. The first-order chi connectivity index (χ1) is 10.0. The number of esters is 1. The van der Waals surface area contributed by atoms with Gasteiger partial charge in [0.05, 0.1) is 12.5 Å². The van der Waals surface area contributed by atoms with Gasteiger partial charge in [-0.3, -0.25) is 0 Å². The van der Waals surface area contributed by atoms with E-state index in [-0.39, 0.29) is 16.5 Å². The molecular formula is C15H10O6. The highest BCUT2D eigenvalue weighted by atomic mass is 16.5. The molecule has 0 aliphatic carbocycles. The van der Waals surface area contributed by atoms with Crippen LogP contribution in [0.4, 0.5) is 0 Å². The van der Waals surface area contributed by atoms with Gasteiger partial charge in [0.1, 0.15) is 16.5 Å². The number of ether oxygens (including phenoxy) is 1. The minimum absolute atomic E-state index is 0.0198. The summed E-state index contributed by atoms with van der Waals surface area (Å²) in [7, 11) is 1.14. The SMILES string of the molecule is COC(=O)c1cc2c(=O)oc3cc(C)ccc3c2oc1=O. The van der Waals surface area contributed by atoms with Gasteiger partial charge in [-0.25, -0.2) is 14.4 Å². The summed E-state index contributed by atoms with van der Waals surface area (Å²) in [5, 5.41) is 0.509. The lowest BCUT2D eigenvalue weighted by Gasteiger charge is -2.03. The molecule has 0 saturated heterocycles. The van der Waals surface area contributed by atoms with Crippen molar-refractivity contribution in [2.45, 2.75) is 6.92 Å². The number of aryl methyl sites for hydroxylation is 1. The molecular weight excluding hydrogens is 276 g/mol. The van der Waals surface area contributed by atoms with Gasteiger partial charge < -0.3 is 13.6 Å². The van der Waals surface area contributed by atoms with Crippen LogP contribution in [0.3, 0.4) is 0 Å².